The highest BCUT2D eigenvalue weighted by Crippen LogP contribution is 2.34. The Labute approximate surface area is 206 Å². The number of hydrogen-bond acceptors (Lipinski definition) is 5. The molecule has 0 spiro atoms. The maximum absolute atomic E-state index is 13.8. The Morgan fingerprint density at radius 1 is 1.09 bits per heavy atom. The van der Waals surface area contributed by atoms with Gasteiger partial charge in [-0.3, -0.25) is 19.1 Å². The minimum absolute atomic E-state index is 0.0236. The number of nitrogens with zero attached hydrogens (tertiary/aromatic N) is 3. The Morgan fingerprint density at radius 3 is 2.41 bits per heavy atom. The van der Waals surface area contributed by atoms with Crippen LogP contribution in [0.2, 0.25) is 0 Å². The van der Waals surface area contributed by atoms with Crippen LogP contribution in [0.1, 0.15) is 67.9 Å². The first kappa shape index (κ1) is 24.6. The Kier molecular flexibility index (Phi) is 7.84. The Hall–Kier alpha value is -2.51. The number of thiophene rings is 1. The predicted molar refractivity (Wildman–Crippen MR) is 141 cm³/mol. The number of hydrogen-bond donors (Lipinski definition) is 1. The molecule has 1 N–H and O–H groups in total. The molecule has 1 aliphatic rings. The monoisotopic (exact) mass is 480 g/mol. The second-order valence-electron chi connectivity index (χ2n) is 8.98. The van der Waals surface area contributed by atoms with E-state index in [1.165, 1.54) is 11.3 Å². The number of anilines is 1. The molecule has 0 saturated carbocycles. The van der Waals surface area contributed by atoms with Gasteiger partial charge in [0.25, 0.3) is 5.56 Å². The zero-order valence-electron chi connectivity index (χ0n) is 20.9. The summed E-state index contributed by atoms with van der Waals surface area (Å²) in [5, 5.41) is 3.87. The molecule has 1 amide bonds. The average molecular weight is 481 g/mol. The molecule has 4 rings (SSSR count). The Balaban J connectivity index is 1.75. The van der Waals surface area contributed by atoms with Gasteiger partial charge >= 0.3 is 0 Å². The van der Waals surface area contributed by atoms with E-state index in [9.17, 15) is 9.59 Å². The predicted octanol–water partition coefficient (Wildman–Crippen LogP) is 4.94. The molecular weight excluding hydrogens is 444 g/mol. The van der Waals surface area contributed by atoms with Crippen LogP contribution < -0.4 is 10.9 Å². The topological polar surface area (TPSA) is 67.2 Å². The molecule has 0 saturated heterocycles. The summed E-state index contributed by atoms with van der Waals surface area (Å²) in [6.07, 6.45) is 5.90. The van der Waals surface area contributed by atoms with E-state index in [1.54, 1.807) is 15.9 Å². The van der Waals surface area contributed by atoms with E-state index >= 15 is 0 Å². The third-order valence-electron chi connectivity index (χ3n) is 6.98. The number of carbonyl (C=O) groups is 1. The maximum atomic E-state index is 13.8. The lowest BCUT2D eigenvalue weighted by molar-refractivity contribution is -0.116. The summed E-state index contributed by atoms with van der Waals surface area (Å²) in [4.78, 5) is 36.4. The molecular formula is C27H36N4O2S. The van der Waals surface area contributed by atoms with Gasteiger partial charge in [-0.2, -0.15) is 0 Å². The third kappa shape index (κ3) is 4.82. The molecule has 2 heterocycles. The summed E-state index contributed by atoms with van der Waals surface area (Å²) < 4.78 is 1.62. The fourth-order valence-corrected chi connectivity index (χ4v) is 6.21. The smallest absolute Gasteiger partial charge is 0.263 e. The van der Waals surface area contributed by atoms with Gasteiger partial charge in [0.2, 0.25) is 5.91 Å². The summed E-state index contributed by atoms with van der Waals surface area (Å²) >= 11 is 1.67. The molecule has 182 valence electrons. The molecule has 1 aromatic carbocycles. The fourth-order valence-electron chi connectivity index (χ4n) is 4.94. The number of rotatable bonds is 9. The second-order valence-corrected chi connectivity index (χ2v) is 10.1. The number of amides is 1. The van der Waals surface area contributed by atoms with Crippen molar-refractivity contribution in [2.45, 2.75) is 79.3 Å². The van der Waals surface area contributed by atoms with Crippen LogP contribution in [0.25, 0.3) is 10.2 Å². The first-order valence-corrected chi connectivity index (χ1v) is 13.5. The van der Waals surface area contributed by atoms with E-state index in [2.05, 4.69) is 50.0 Å². The number of aryl methyl sites for hydroxylation is 4. The van der Waals surface area contributed by atoms with Crippen LogP contribution in [0, 0.1) is 0 Å². The number of aromatic nitrogens is 2. The lowest BCUT2D eigenvalue weighted by Gasteiger charge is -2.21. The number of carbonyl (C=O) groups excluding carboxylic acids is 1. The summed E-state index contributed by atoms with van der Waals surface area (Å²) in [5.41, 5.74) is 4.21. The number of para-hydroxylation sites is 1. The van der Waals surface area contributed by atoms with Crippen LogP contribution in [0.4, 0.5) is 5.69 Å². The van der Waals surface area contributed by atoms with Gasteiger partial charge in [-0.1, -0.05) is 45.9 Å². The van der Waals surface area contributed by atoms with Gasteiger partial charge in [-0.15, -0.1) is 11.3 Å². The summed E-state index contributed by atoms with van der Waals surface area (Å²) in [7, 11) is 0. The number of benzene rings is 1. The zero-order chi connectivity index (χ0) is 24.2. The molecule has 0 radical (unpaired) electrons. The minimum Gasteiger partial charge on any atom is -0.324 e. The first-order chi connectivity index (χ1) is 16.5. The Bertz CT molecular complexity index is 1220. The molecule has 0 aliphatic heterocycles. The Morgan fingerprint density at radius 2 is 1.76 bits per heavy atom. The highest BCUT2D eigenvalue weighted by atomic mass is 32.1. The average Bonchev–Trinajstić information content (AvgIpc) is 3.23. The molecule has 3 aromatic rings. The standard InChI is InChI=1S/C27H36N4O2S/c1-5-18-12-11-13-19(6-2)25(18)29-23(32)17-31-22(16-30(7-3)8-4)28-26-24(27(31)33)20-14-9-10-15-21(20)34-26/h11-13H,5-10,14-17H2,1-4H3,(H,29,32). The molecule has 0 fully saturated rings. The van der Waals surface area contributed by atoms with E-state index in [4.69, 9.17) is 4.98 Å². The molecule has 34 heavy (non-hydrogen) atoms. The van der Waals surface area contributed by atoms with Crippen molar-refractivity contribution in [2.24, 2.45) is 0 Å². The van der Waals surface area contributed by atoms with Gasteiger partial charge in [-0.25, -0.2) is 4.98 Å². The van der Waals surface area contributed by atoms with Gasteiger partial charge in [0.1, 0.15) is 17.2 Å². The SMILES string of the molecule is CCc1cccc(CC)c1NC(=O)Cn1c(CN(CC)CC)nc2sc3c(c2c1=O)CCCC3. The molecule has 7 heteroatoms. The lowest BCUT2D eigenvalue weighted by atomic mass is 9.97. The molecule has 0 unspecified atom stereocenters. The maximum Gasteiger partial charge on any atom is 0.263 e. The molecule has 6 nitrogen and oxygen atoms in total. The van der Waals surface area contributed by atoms with Crippen LogP contribution in [-0.2, 0) is 43.6 Å². The van der Waals surface area contributed by atoms with E-state index < -0.39 is 0 Å². The fraction of sp³-hybridized carbons (Fsp3) is 0.519. The highest BCUT2D eigenvalue weighted by molar-refractivity contribution is 7.18. The van der Waals surface area contributed by atoms with Gasteiger partial charge in [0.05, 0.1) is 11.9 Å². The quantitative estimate of drug-likeness (QED) is 0.471. The highest BCUT2D eigenvalue weighted by Gasteiger charge is 2.24. The molecule has 2 aromatic heterocycles. The molecule has 1 aliphatic carbocycles. The van der Waals surface area contributed by atoms with Crippen LogP contribution in [0.3, 0.4) is 0 Å². The molecule has 0 bridgehead atoms. The van der Waals surface area contributed by atoms with Crippen molar-refractivity contribution in [1.29, 1.82) is 0 Å². The normalized spacial score (nSPS) is 13.4. The molecule has 0 atom stereocenters. The van der Waals surface area contributed by atoms with Crippen LogP contribution in [-0.4, -0.2) is 33.4 Å². The van der Waals surface area contributed by atoms with Crippen LogP contribution in [0.15, 0.2) is 23.0 Å². The van der Waals surface area contributed by atoms with E-state index in [0.717, 1.165) is 77.8 Å². The van der Waals surface area contributed by atoms with Crippen LogP contribution in [0.5, 0.6) is 0 Å². The number of nitrogens with one attached hydrogen (secondary N) is 1. The third-order valence-corrected chi connectivity index (χ3v) is 8.16. The van der Waals surface area contributed by atoms with Crippen molar-refractivity contribution < 1.29 is 4.79 Å². The summed E-state index contributed by atoms with van der Waals surface area (Å²) in [6.45, 7) is 10.7. The zero-order valence-corrected chi connectivity index (χ0v) is 21.7. The van der Waals surface area contributed by atoms with Gasteiger partial charge in [-0.05, 0) is 68.3 Å². The van der Waals surface area contributed by atoms with Gasteiger partial charge in [0, 0.05) is 10.6 Å². The first-order valence-electron chi connectivity index (χ1n) is 12.7. The van der Waals surface area contributed by atoms with Crippen molar-refractivity contribution in [1.82, 2.24) is 14.5 Å². The van der Waals surface area contributed by atoms with E-state index in [0.29, 0.717) is 12.4 Å². The second kappa shape index (κ2) is 10.8. The van der Waals surface area contributed by atoms with Crippen molar-refractivity contribution in [3.05, 3.63) is 55.9 Å². The van der Waals surface area contributed by atoms with Crippen molar-refractivity contribution >= 4 is 33.1 Å². The van der Waals surface area contributed by atoms with Gasteiger partial charge in [0.15, 0.2) is 0 Å². The van der Waals surface area contributed by atoms with Crippen molar-refractivity contribution in [2.75, 3.05) is 18.4 Å². The van der Waals surface area contributed by atoms with E-state index in [-0.39, 0.29) is 18.0 Å². The minimum atomic E-state index is -0.177. The van der Waals surface area contributed by atoms with Gasteiger partial charge < -0.3 is 5.32 Å². The lowest BCUT2D eigenvalue weighted by Crippen LogP contribution is -2.34. The van der Waals surface area contributed by atoms with E-state index in [1.807, 2.05) is 6.07 Å². The van der Waals surface area contributed by atoms with Crippen molar-refractivity contribution in [3.63, 3.8) is 0 Å². The largest absolute Gasteiger partial charge is 0.324 e. The number of fused-ring (bicyclic) bond motifs is 3. The van der Waals surface area contributed by atoms with Crippen LogP contribution >= 0.6 is 11.3 Å². The van der Waals surface area contributed by atoms with Crippen molar-refractivity contribution in [3.8, 4) is 0 Å². The summed E-state index contributed by atoms with van der Waals surface area (Å²) in [6, 6.07) is 6.15. The summed E-state index contributed by atoms with van der Waals surface area (Å²) in [5.74, 6) is 0.498.